The highest BCUT2D eigenvalue weighted by Crippen LogP contribution is 2.15. The highest BCUT2D eigenvalue weighted by Gasteiger charge is 2.19. The molecule has 0 saturated heterocycles. The number of carbonyl (C=O) groups is 3. The molecule has 1 atom stereocenters. The number of esters is 3. The van der Waals surface area contributed by atoms with Crippen LogP contribution in [0.25, 0.3) is 0 Å². The van der Waals surface area contributed by atoms with Gasteiger partial charge in [-0.15, -0.1) is 0 Å². The van der Waals surface area contributed by atoms with Gasteiger partial charge in [0, 0.05) is 19.3 Å². The number of hydrogen-bond acceptors (Lipinski definition) is 6. The van der Waals surface area contributed by atoms with Gasteiger partial charge in [0.1, 0.15) is 13.2 Å². The summed E-state index contributed by atoms with van der Waals surface area (Å²) < 4.78 is 16.9. The molecule has 0 heterocycles. The zero-order valence-electron chi connectivity index (χ0n) is 51.1. The summed E-state index contributed by atoms with van der Waals surface area (Å²) in [6, 6.07) is 0. The van der Waals surface area contributed by atoms with Crippen LogP contribution in [0.3, 0.4) is 0 Å². The van der Waals surface area contributed by atoms with E-state index in [9.17, 15) is 14.4 Å². The predicted molar refractivity (Wildman–Crippen MR) is 343 cm³/mol. The Morgan fingerprint density at radius 2 is 0.494 bits per heavy atom. The lowest BCUT2D eigenvalue weighted by atomic mass is 10.1. The fraction of sp³-hybridized carbons (Fsp3) is 0.630. The van der Waals surface area contributed by atoms with Crippen LogP contribution in [0.1, 0.15) is 278 Å². The summed E-state index contributed by atoms with van der Waals surface area (Å²) in [4.78, 5) is 38.3. The van der Waals surface area contributed by atoms with Crippen molar-refractivity contribution in [3.63, 3.8) is 0 Å². The normalized spacial score (nSPS) is 13.1. The van der Waals surface area contributed by atoms with E-state index in [4.69, 9.17) is 14.2 Å². The van der Waals surface area contributed by atoms with E-state index >= 15 is 0 Å². The van der Waals surface area contributed by atoms with Crippen molar-refractivity contribution in [1.29, 1.82) is 0 Å². The van der Waals surface area contributed by atoms with Crippen molar-refractivity contribution in [3.8, 4) is 0 Å². The van der Waals surface area contributed by atoms with Crippen LogP contribution in [0.5, 0.6) is 0 Å². The van der Waals surface area contributed by atoms with Gasteiger partial charge in [-0.05, 0) is 141 Å². The lowest BCUT2D eigenvalue weighted by Gasteiger charge is -2.18. The standard InChI is InChI=1S/C73H118O6/c1-4-7-10-13-16-19-22-25-28-30-32-33-34-35-36-37-38-39-41-42-45-48-51-54-57-60-63-66-72(75)78-69-70(68-77-71(74)65-62-59-56-53-50-47-44-27-24-21-18-15-12-9-6-3)79-73(76)67-64-61-58-55-52-49-46-43-40-31-29-26-23-20-17-14-11-8-5-2/h7,9-10,12,16,18-19,21,25-29,32-33,35-36,38-39,42,44-45,50,53,70H,4-6,8,11,13-15,17,20,22-24,30-31,34,37,40-41,43,46-49,51-52,54-69H2,1-3H3/b10-7-,12-9-,19-16-,21-18-,28-25-,29-26-,33-32-,36-35-,39-38-,44-27-,45-42-,53-50-. The summed E-state index contributed by atoms with van der Waals surface area (Å²) in [6.07, 6.45) is 94.2. The maximum atomic E-state index is 12.9. The molecule has 0 saturated carbocycles. The fourth-order valence-electron chi connectivity index (χ4n) is 8.53. The van der Waals surface area contributed by atoms with E-state index in [0.717, 1.165) is 141 Å². The molecular weight excluding hydrogens is 973 g/mol. The molecule has 0 rings (SSSR count). The first-order valence-corrected chi connectivity index (χ1v) is 32.3. The highest BCUT2D eigenvalue weighted by molar-refractivity contribution is 5.71. The first-order chi connectivity index (χ1) is 39.0. The Balaban J connectivity index is 4.45. The Labute approximate surface area is 487 Å². The van der Waals surface area contributed by atoms with Gasteiger partial charge in [-0.1, -0.05) is 263 Å². The SMILES string of the molecule is CC/C=C\C/C=C\C/C=C\C/C=C\C/C=C\C/C=C\C/C=C\CCCCCCCC(=O)OCC(COC(=O)CCCC/C=C\C/C=C\C/C=C\C/C=C\CC)OC(=O)CCCCCCCCCCC/C=C\CCCCCCCC. The number of hydrogen-bond donors (Lipinski definition) is 0. The molecular formula is C73H118O6. The Bertz CT molecular complexity index is 1730. The molecule has 0 aliphatic heterocycles. The van der Waals surface area contributed by atoms with Crippen LogP contribution in [-0.4, -0.2) is 37.2 Å². The molecule has 0 aliphatic carbocycles. The van der Waals surface area contributed by atoms with E-state index in [1.165, 1.54) is 89.9 Å². The number of rotatable bonds is 57. The Hall–Kier alpha value is -4.71. The summed E-state index contributed by atoms with van der Waals surface area (Å²) in [5.41, 5.74) is 0. The summed E-state index contributed by atoms with van der Waals surface area (Å²) in [7, 11) is 0. The molecule has 0 spiro atoms. The van der Waals surface area contributed by atoms with Crippen LogP contribution in [0.15, 0.2) is 146 Å². The van der Waals surface area contributed by atoms with Crippen molar-refractivity contribution in [2.24, 2.45) is 0 Å². The van der Waals surface area contributed by atoms with Crippen LogP contribution < -0.4 is 0 Å². The minimum atomic E-state index is -0.812. The average molecular weight is 1090 g/mol. The third kappa shape index (κ3) is 64.0. The zero-order chi connectivity index (χ0) is 57.1. The quantitative estimate of drug-likeness (QED) is 0.0261. The molecule has 0 aromatic carbocycles. The van der Waals surface area contributed by atoms with Crippen molar-refractivity contribution in [2.75, 3.05) is 13.2 Å². The topological polar surface area (TPSA) is 78.9 Å². The van der Waals surface area contributed by atoms with Crippen molar-refractivity contribution in [1.82, 2.24) is 0 Å². The smallest absolute Gasteiger partial charge is 0.306 e. The molecule has 0 aromatic rings. The summed E-state index contributed by atoms with van der Waals surface area (Å²) >= 11 is 0. The summed E-state index contributed by atoms with van der Waals surface area (Å²) in [5.74, 6) is -0.968. The number of unbranched alkanes of at least 4 members (excludes halogenated alkanes) is 22. The molecule has 0 bridgehead atoms. The van der Waals surface area contributed by atoms with Gasteiger partial charge in [-0.2, -0.15) is 0 Å². The third-order valence-corrected chi connectivity index (χ3v) is 13.3. The second kappa shape index (κ2) is 65.8. The molecule has 6 nitrogen and oxygen atoms in total. The van der Waals surface area contributed by atoms with Crippen molar-refractivity contribution in [3.05, 3.63) is 146 Å². The molecule has 0 N–H and O–H groups in total. The van der Waals surface area contributed by atoms with Gasteiger partial charge in [-0.25, -0.2) is 0 Å². The third-order valence-electron chi connectivity index (χ3n) is 13.3. The van der Waals surface area contributed by atoms with Gasteiger partial charge in [0.2, 0.25) is 0 Å². The van der Waals surface area contributed by atoms with E-state index in [1.54, 1.807) is 0 Å². The second-order valence-electron chi connectivity index (χ2n) is 20.9. The molecule has 0 radical (unpaired) electrons. The first-order valence-electron chi connectivity index (χ1n) is 32.3. The second-order valence-corrected chi connectivity index (χ2v) is 20.9. The fourth-order valence-corrected chi connectivity index (χ4v) is 8.53. The maximum absolute atomic E-state index is 12.9. The molecule has 0 fully saturated rings. The number of ether oxygens (including phenoxy) is 3. The summed E-state index contributed by atoms with van der Waals surface area (Å²) in [5, 5.41) is 0. The maximum Gasteiger partial charge on any atom is 0.306 e. The van der Waals surface area contributed by atoms with Crippen molar-refractivity contribution in [2.45, 2.75) is 284 Å². The largest absolute Gasteiger partial charge is 0.462 e. The van der Waals surface area contributed by atoms with Gasteiger partial charge >= 0.3 is 17.9 Å². The van der Waals surface area contributed by atoms with Gasteiger partial charge in [0.15, 0.2) is 6.10 Å². The molecule has 0 aromatic heterocycles. The number of carbonyl (C=O) groups excluding carboxylic acids is 3. The lowest BCUT2D eigenvalue weighted by molar-refractivity contribution is -0.167. The van der Waals surface area contributed by atoms with E-state index in [-0.39, 0.29) is 31.1 Å². The van der Waals surface area contributed by atoms with E-state index < -0.39 is 6.10 Å². The minimum absolute atomic E-state index is 0.107. The van der Waals surface area contributed by atoms with Gasteiger partial charge in [-0.3, -0.25) is 14.4 Å². The summed E-state index contributed by atoms with van der Waals surface area (Å²) in [6.45, 7) is 6.36. The Morgan fingerprint density at radius 3 is 0.810 bits per heavy atom. The minimum Gasteiger partial charge on any atom is -0.462 e. The molecule has 0 amide bonds. The first kappa shape index (κ1) is 74.3. The van der Waals surface area contributed by atoms with Gasteiger partial charge in [0.05, 0.1) is 0 Å². The van der Waals surface area contributed by atoms with Crippen LogP contribution >= 0.6 is 0 Å². The monoisotopic (exact) mass is 1090 g/mol. The molecule has 0 aliphatic rings. The van der Waals surface area contributed by atoms with Crippen LogP contribution in [0, 0.1) is 0 Å². The molecule has 79 heavy (non-hydrogen) atoms. The van der Waals surface area contributed by atoms with Crippen molar-refractivity contribution < 1.29 is 28.6 Å². The van der Waals surface area contributed by atoms with E-state index in [2.05, 4.69) is 167 Å². The Kier molecular flexibility index (Phi) is 61.9. The van der Waals surface area contributed by atoms with Crippen LogP contribution in [0.4, 0.5) is 0 Å². The van der Waals surface area contributed by atoms with Crippen LogP contribution in [0.2, 0.25) is 0 Å². The van der Waals surface area contributed by atoms with Gasteiger partial charge in [0.25, 0.3) is 0 Å². The average Bonchev–Trinajstić information content (AvgIpc) is 3.45. The van der Waals surface area contributed by atoms with E-state index in [1.807, 2.05) is 0 Å². The highest BCUT2D eigenvalue weighted by atomic mass is 16.6. The Morgan fingerprint density at radius 1 is 0.266 bits per heavy atom. The molecule has 6 heteroatoms. The lowest BCUT2D eigenvalue weighted by Crippen LogP contribution is -2.30. The van der Waals surface area contributed by atoms with E-state index in [0.29, 0.717) is 25.7 Å². The van der Waals surface area contributed by atoms with Crippen LogP contribution in [-0.2, 0) is 28.6 Å². The van der Waals surface area contributed by atoms with Crippen molar-refractivity contribution >= 4 is 17.9 Å². The molecule has 1 unspecified atom stereocenters. The number of allylic oxidation sites excluding steroid dienone is 24. The predicted octanol–water partition coefficient (Wildman–Crippen LogP) is 22.3. The zero-order valence-corrected chi connectivity index (χ0v) is 51.1. The molecule has 446 valence electrons. The van der Waals surface area contributed by atoms with Gasteiger partial charge < -0.3 is 14.2 Å².